The van der Waals surface area contributed by atoms with Gasteiger partial charge in [-0.15, -0.1) is 35.3 Å². The van der Waals surface area contributed by atoms with Gasteiger partial charge in [0.15, 0.2) is 11.0 Å². The maximum absolute atomic E-state index is 12.9. The number of carbonyl (C=O) groups is 3. The van der Waals surface area contributed by atoms with Crippen molar-refractivity contribution in [2.24, 2.45) is 0 Å². The summed E-state index contributed by atoms with van der Waals surface area (Å²) in [5.41, 5.74) is 6.99. The number of carboxylic acids is 1. The van der Waals surface area contributed by atoms with E-state index in [4.69, 9.17) is 28.9 Å². The molecule has 2 aliphatic rings. The average molecular weight is 631 g/mol. The molecule has 3 aromatic rings. The maximum atomic E-state index is 12.9. The van der Waals surface area contributed by atoms with Crippen molar-refractivity contribution < 1.29 is 19.5 Å². The van der Waals surface area contributed by atoms with Crippen LogP contribution < -0.4 is 11.1 Å². The zero-order chi connectivity index (χ0) is 27.0. The average Bonchev–Trinajstić information content (AvgIpc) is 3.36. The minimum Gasteiger partial charge on any atom is -0.477 e. The van der Waals surface area contributed by atoms with Gasteiger partial charge < -0.3 is 16.2 Å². The number of halogens is 2. The van der Waals surface area contributed by atoms with Gasteiger partial charge in [0.25, 0.3) is 5.91 Å². The van der Waals surface area contributed by atoms with Crippen molar-refractivity contribution in [3.8, 4) is 0 Å². The Hall–Kier alpha value is -2.30. The number of fused-ring (bicyclic) bond motifs is 2. The number of anilines is 1. The fourth-order valence-corrected chi connectivity index (χ4v) is 8.62. The summed E-state index contributed by atoms with van der Waals surface area (Å²) in [4.78, 5) is 48.6. The van der Waals surface area contributed by atoms with Gasteiger partial charge in [0.1, 0.15) is 28.1 Å². The Kier molecular flexibility index (Phi) is 8.21. The third-order valence-corrected chi connectivity index (χ3v) is 10.7. The van der Waals surface area contributed by atoms with Gasteiger partial charge in [-0.2, -0.15) is 5.10 Å². The number of carbonyl (C=O) groups excluding carboxylic acids is 2. The number of aliphatic carboxylic acids is 1. The van der Waals surface area contributed by atoms with E-state index in [2.05, 4.69) is 25.5 Å². The standard InChI is InChI=1S/C21H17Cl2N7O4S4/c22-8-1-2-9(23)11(3-8)35-6-13(31)27-15-18(32)30-16(20(33)34)12(5-36-19(15)30)37-7-38-21-26-10-4-25-29-14(10)17(24)28-21/h1-4,15,19H,5-7H2,(H,25,29)(H,27,31)(H,33,34)(H2,24,26,28). The van der Waals surface area contributed by atoms with Crippen LogP contribution in [0.4, 0.5) is 5.82 Å². The third-order valence-electron chi connectivity index (χ3n) is 5.43. The second-order valence-corrected chi connectivity index (χ2v) is 13.2. The molecule has 38 heavy (non-hydrogen) atoms. The molecular weight excluding hydrogens is 613 g/mol. The molecule has 4 heterocycles. The van der Waals surface area contributed by atoms with Crippen molar-refractivity contribution in [2.45, 2.75) is 21.5 Å². The van der Waals surface area contributed by atoms with E-state index in [1.807, 2.05) is 0 Å². The molecule has 198 valence electrons. The highest BCUT2D eigenvalue weighted by Crippen LogP contribution is 2.44. The monoisotopic (exact) mass is 629 g/mol. The van der Waals surface area contributed by atoms with Crippen LogP contribution in [0.5, 0.6) is 0 Å². The van der Waals surface area contributed by atoms with Gasteiger partial charge in [-0.25, -0.2) is 14.8 Å². The van der Waals surface area contributed by atoms with Gasteiger partial charge in [-0.05, 0) is 18.2 Å². The van der Waals surface area contributed by atoms with Crippen LogP contribution in [0.1, 0.15) is 0 Å². The first-order valence-electron chi connectivity index (χ1n) is 10.7. The van der Waals surface area contributed by atoms with Crippen LogP contribution in [-0.2, 0) is 14.4 Å². The number of rotatable bonds is 9. The van der Waals surface area contributed by atoms with Crippen LogP contribution in [0.25, 0.3) is 11.0 Å². The summed E-state index contributed by atoms with van der Waals surface area (Å²) >= 11 is 17.3. The highest BCUT2D eigenvalue weighted by Gasteiger charge is 2.54. The number of thioether (sulfide) groups is 4. The van der Waals surface area contributed by atoms with Gasteiger partial charge >= 0.3 is 5.97 Å². The van der Waals surface area contributed by atoms with Gasteiger partial charge in [0.05, 0.1) is 22.1 Å². The Labute approximate surface area is 242 Å². The number of β-lactam (4-membered cyclic amide) rings is 1. The van der Waals surface area contributed by atoms with E-state index in [1.165, 1.54) is 51.9 Å². The predicted molar refractivity (Wildman–Crippen MR) is 151 cm³/mol. The largest absolute Gasteiger partial charge is 0.477 e. The SMILES string of the molecule is Nc1nc(SCSC2=C(C(=O)O)N3C(=O)C(NC(=O)CSc4cc(Cl)ccc4Cl)C3SC2)nc2cn[nH]c12. The van der Waals surface area contributed by atoms with Crippen molar-refractivity contribution in [3.63, 3.8) is 0 Å². The molecule has 2 aliphatic heterocycles. The number of nitrogens with zero attached hydrogens (tertiary/aromatic N) is 4. The molecule has 5 N–H and O–H groups in total. The zero-order valence-corrected chi connectivity index (χ0v) is 23.8. The van der Waals surface area contributed by atoms with Crippen LogP contribution >= 0.6 is 70.2 Å². The molecule has 2 unspecified atom stereocenters. The zero-order valence-electron chi connectivity index (χ0n) is 19.0. The number of benzene rings is 1. The molecule has 2 atom stereocenters. The van der Waals surface area contributed by atoms with Crippen molar-refractivity contribution in [1.82, 2.24) is 30.4 Å². The second-order valence-electron chi connectivity index (χ2n) is 7.82. The molecule has 0 bridgehead atoms. The number of aromatic nitrogens is 4. The summed E-state index contributed by atoms with van der Waals surface area (Å²) in [5, 5.41) is 20.5. The molecule has 1 aromatic carbocycles. The van der Waals surface area contributed by atoms with E-state index in [1.54, 1.807) is 24.4 Å². The van der Waals surface area contributed by atoms with Crippen LogP contribution in [0, 0.1) is 0 Å². The lowest BCUT2D eigenvalue weighted by Gasteiger charge is -2.49. The molecule has 0 radical (unpaired) electrons. The van der Waals surface area contributed by atoms with E-state index in [9.17, 15) is 19.5 Å². The molecule has 1 saturated heterocycles. The number of nitrogen functional groups attached to an aromatic ring is 1. The Morgan fingerprint density at radius 3 is 2.87 bits per heavy atom. The fraction of sp³-hybridized carbons (Fsp3) is 0.238. The summed E-state index contributed by atoms with van der Waals surface area (Å²) < 4.78 is 0. The van der Waals surface area contributed by atoms with Crippen LogP contribution in [0.15, 0.2) is 45.1 Å². The van der Waals surface area contributed by atoms with Crippen molar-refractivity contribution in [2.75, 3.05) is 22.3 Å². The maximum Gasteiger partial charge on any atom is 0.353 e. The quantitative estimate of drug-likeness (QED) is 0.118. The van der Waals surface area contributed by atoms with Gasteiger partial charge in [0, 0.05) is 20.6 Å². The molecule has 11 nitrogen and oxygen atoms in total. The number of nitrogens with two attached hydrogens (primary N) is 1. The normalized spacial score (nSPS) is 18.9. The summed E-state index contributed by atoms with van der Waals surface area (Å²) in [7, 11) is 0. The van der Waals surface area contributed by atoms with Crippen molar-refractivity contribution >= 4 is 105 Å². The highest BCUT2D eigenvalue weighted by atomic mass is 35.5. The topological polar surface area (TPSA) is 167 Å². The molecule has 2 amide bonds. The minimum atomic E-state index is -1.20. The number of amides is 2. The van der Waals surface area contributed by atoms with Gasteiger partial charge in [-0.3, -0.25) is 19.6 Å². The van der Waals surface area contributed by atoms with E-state index >= 15 is 0 Å². The van der Waals surface area contributed by atoms with Crippen LogP contribution in [0.3, 0.4) is 0 Å². The Balaban J connectivity index is 1.20. The number of hydrogen-bond acceptors (Lipinski definition) is 11. The molecule has 2 aromatic heterocycles. The van der Waals surface area contributed by atoms with Crippen LogP contribution in [-0.4, -0.2) is 76.0 Å². The number of aromatic amines is 1. The summed E-state index contributed by atoms with van der Waals surface area (Å²) in [6, 6.07) is 4.15. The first-order chi connectivity index (χ1) is 18.2. The van der Waals surface area contributed by atoms with E-state index < -0.39 is 23.3 Å². The molecule has 17 heteroatoms. The molecule has 5 rings (SSSR count). The number of hydrogen-bond donors (Lipinski definition) is 4. The smallest absolute Gasteiger partial charge is 0.353 e. The fourth-order valence-electron chi connectivity index (χ4n) is 3.71. The third kappa shape index (κ3) is 5.53. The lowest BCUT2D eigenvalue weighted by molar-refractivity contribution is -0.150. The second kappa shape index (κ2) is 11.4. The number of H-pyrrole nitrogens is 1. The molecule has 0 saturated carbocycles. The van der Waals surface area contributed by atoms with Crippen LogP contribution in [0.2, 0.25) is 10.0 Å². The number of nitrogens with one attached hydrogen (secondary N) is 2. The van der Waals surface area contributed by atoms with Crippen molar-refractivity contribution in [1.29, 1.82) is 0 Å². The first-order valence-corrected chi connectivity index (χ1v) is 15.5. The van der Waals surface area contributed by atoms with E-state index in [0.717, 1.165) is 0 Å². The molecular formula is C21H17Cl2N7O4S4. The van der Waals surface area contributed by atoms with Gasteiger partial charge in [-0.1, -0.05) is 35.0 Å². The molecule has 1 fully saturated rings. The minimum absolute atomic E-state index is 0.0262. The summed E-state index contributed by atoms with van der Waals surface area (Å²) in [5.74, 6) is -1.35. The number of carboxylic acid groups (broad SMARTS) is 1. The lowest BCUT2D eigenvalue weighted by Crippen LogP contribution is -2.70. The summed E-state index contributed by atoms with van der Waals surface area (Å²) in [6.45, 7) is 0. The molecule has 0 spiro atoms. The van der Waals surface area contributed by atoms with Gasteiger partial charge in [0.2, 0.25) is 5.91 Å². The summed E-state index contributed by atoms with van der Waals surface area (Å²) in [6.07, 6.45) is 1.54. The van der Waals surface area contributed by atoms with Crippen molar-refractivity contribution in [3.05, 3.63) is 45.0 Å². The van der Waals surface area contributed by atoms with E-state index in [0.29, 0.717) is 46.9 Å². The Morgan fingerprint density at radius 1 is 1.26 bits per heavy atom. The predicted octanol–water partition coefficient (Wildman–Crippen LogP) is 3.51. The highest BCUT2D eigenvalue weighted by molar-refractivity contribution is 8.18. The Morgan fingerprint density at radius 2 is 2.08 bits per heavy atom. The van der Waals surface area contributed by atoms with E-state index in [-0.39, 0.29) is 23.2 Å². The lowest BCUT2D eigenvalue weighted by atomic mass is 10.1. The first kappa shape index (κ1) is 27.3. The molecule has 0 aliphatic carbocycles. The Bertz CT molecular complexity index is 1490.